The second-order valence-electron chi connectivity index (χ2n) is 3.43. The van der Waals surface area contributed by atoms with Crippen LogP contribution in [0.1, 0.15) is 13.3 Å². The minimum atomic E-state index is -1.18. The highest BCUT2D eigenvalue weighted by Gasteiger charge is 2.10. The van der Waals surface area contributed by atoms with E-state index in [0.29, 0.717) is 10.6 Å². The molecule has 2 atom stereocenters. The number of rotatable bonds is 5. The summed E-state index contributed by atoms with van der Waals surface area (Å²) in [4.78, 5) is 10.5. The highest BCUT2D eigenvalue weighted by molar-refractivity contribution is 7.85. The summed E-state index contributed by atoms with van der Waals surface area (Å²) in [5, 5.41) is 10.4. The zero-order chi connectivity index (χ0) is 12.1. The summed E-state index contributed by atoms with van der Waals surface area (Å²) in [6.45, 7) is 1.93. The maximum Gasteiger partial charge on any atom is 0.269 e. The third-order valence-corrected chi connectivity index (χ3v) is 3.73. The molecule has 88 valence electrons. The lowest BCUT2D eigenvalue weighted by molar-refractivity contribution is -0.384. The fourth-order valence-corrected chi connectivity index (χ4v) is 2.38. The van der Waals surface area contributed by atoms with E-state index in [2.05, 4.69) is 0 Å². The molecule has 16 heavy (non-hydrogen) atoms. The molecule has 2 N–H and O–H groups in total. The molecule has 0 aromatic heterocycles. The van der Waals surface area contributed by atoms with Gasteiger partial charge in [0.05, 0.1) is 15.7 Å². The molecule has 0 aliphatic carbocycles. The van der Waals surface area contributed by atoms with Crippen molar-refractivity contribution in [2.24, 2.45) is 5.73 Å². The minimum Gasteiger partial charge on any atom is -0.327 e. The molecular formula is C10H14N2O3S. The van der Waals surface area contributed by atoms with Crippen LogP contribution >= 0.6 is 0 Å². The molecule has 2 unspecified atom stereocenters. The van der Waals surface area contributed by atoms with Gasteiger partial charge < -0.3 is 5.73 Å². The van der Waals surface area contributed by atoms with E-state index >= 15 is 0 Å². The summed E-state index contributed by atoms with van der Waals surface area (Å²) >= 11 is 0. The van der Waals surface area contributed by atoms with Gasteiger partial charge in [-0.3, -0.25) is 14.3 Å². The first-order valence-corrected chi connectivity index (χ1v) is 6.25. The molecule has 0 radical (unpaired) electrons. The smallest absolute Gasteiger partial charge is 0.269 e. The Bertz CT molecular complexity index is 392. The average molecular weight is 242 g/mol. The Hall–Kier alpha value is -1.27. The van der Waals surface area contributed by atoms with E-state index in [1.54, 1.807) is 0 Å². The van der Waals surface area contributed by atoms with Gasteiger partial charge in [-0.25, -0.2) is 0 Å². The van der Waals surface area contributed by atoms with E-state index in [1.807, 2.05) is 6.92 Å². The summed E-state index contributed by atoms with van der Waals surface area (Å²) in [7, 11) is -1.18. The van der Waals surface area contributed by atoms with Crippen LogP contribution in [0, 0.1) is 10.1 Å². The van der Waals surface area contributed by atoms with Gasteiger partial charge >= 0.3 is 0 Å². The summed E-state index contributed by atoms with van der Waals surface area (Å²) in [6.07, 6.45) is 0.763. The summed E-state index contributed by atoms with van der Waals surface area (Å²) in [6, 6.07) is 5.62. The Morgan fingerprint density at radius 3 is 2.44 bits per heavy atom. The van der Waals surface area contributed by atoms with Crippen LogP contribution in [0.15, 0.2) is 29.2 Å². The quantitative estimate of drug-likeness (QED) is 0.625. The van der Waals surface area contributed by atoms with Crippen LogP contribution < -0.4 is 5.73 Å². The van der Waals surface area contributed by atoms with Gasteiger partial charge in [-0.15, -0.1) is 0 Å². The van der Waals surface area contributed by atoms with Crippen molar-refractivity contribution in [2.75, 3.05) is 5.75 Å². The molecule has 1 aromatic rings. The summed E-state index contributed by atoms with van der Waals surface area (Å²) in [5.41, 5.74) is 5.69. The predicted octanol–water partition coefficient (Wildman–Crippen LogP) is 1.44. The monoisotopic (exact) mass is 242 g/mol. The Balaban J connectivity index is 2.74. The Kier molecular flexibility index (Phi) is 4.57. The van der Waals surface area contributed by atoms with Crippen molar-refractivity contribution < 1.29 is 9.13 Å². The van der Waals surface area contributed by atoms with Crippen molar-refractivity contribution in [1.29, 1.82) is 0 Å². The van der Waals surface area contributed by atoms with Crippen LogP contribution in [0.5, 0.6) is 0 Å². The highest BCUT2D eigenvalue weighted by atomic mass is 32.2. The second kappa shape index (κ2) is 5.72. The van der Waals surface area contributed by atoms with Crippen LogP contribution in [-0.4, -0.2) is 20.9 Å². The number of benzene rings is 1. The number of hydrogen-bond donors (Lipinski definition) is 1. The van der Waals surface area contributed by atoms with E-state index in [1.165, 1.54) is 24.3 Å². The summed E-state index contributed by atoms with van der Waals surface area (Å²) < 4.78 is 11.8. The Morgan fingerprint density at radius 2 is 2.00 bits per heavy atom. The number of nitrogens with two attached hydrogens (primary N) is 1. The Labute approximate surface area is 96.3 Å². The fourth-order valence-electron chi connectivity index (χ4n) is 1.13. The number of nitro groups is 1. The maximum absolute atomic E-state index is 11.8. The zero-order valence-corrected chi connectivity index (χ0v) is 9.78. The summed E-state index contributed by atoms with van der Waals surface area (Å²) in [5.74, 6) is 0.383. The van der Waals surface area contributed by atoms with E-state index in [9.17, 15) is 14.3 Å². The molecule has 0 heterocycles. The molecule has 0 fully saturated rings. The van der Waals surface area contributed by atoms with Gasteiger partial charge in [-0.2, -0.15) is 0 Å². The molecule has 0 saturated heterocycles. The lowest BCUT2D eigenvalue weighted by Gasteiger charge is -2.07. The standard InChI is InChI=1S/C10H14N2O3S/c1-2-8(11)7-16(15)10-5-3-9(4-6-10)12(13)14/h3-6,8H,2,7,11H2,1H3. The van der Waals surface area contributed by atoms with Gasteiger partial charge in [0, 0.05) is 28.8 Å². The topological polar surface area (TPSA) is 86.2 Å². The average Bonchev–Trinajstić information content (AvgIpc) is 2.28. The third-order valence-electron chi connectivity index (χ3n) is 2.20. The van der Waals surface area contributed by atoms with Crippen molar-refractivity contribution in [1.82, 2.24) is 0 Å². The molecule has 0 aliphatic rings. The van der Waals surface area contributed by atoms with Crippen molar-refractivity contribution in [2.45, 2.75) is 24.3 Å². The molecule has 0 amide bonds. The lowest BCUT2D eigenvalue weighted by atomic mass is 10.3. The van der Waals surface area contributed by atoms with E-state index < -0.39 is 15.7 Å². The molecule has 1 rings (SSSR count). The van der Waals surface area contributed by atoms with Gasteiger partial charge in [-0.05, 0) is 18.6 Å². The first-order chi connectivity index (χ1) is 7.54. The largest absolute Gasteiger partial charge is 0.327 e. The minimum absolute atomic E-state index is 0.000500. The Morgan fingerprint density at radius 1 is 1.44 bits per heavy atom. The van der Waals surface area contributed by atoms with Crippen molar-refractivity contribution in [3.63, 3.8) is 0 Å². The van der Waals surface area contributed by atoms with E-state index in [0.717, 1.165) is 6.42 Å². The normalized spacial score (nSPS) is 14.4. The van der Waals surface area contributed by atoms with Crippen LogP contribution in [0.2, 0.25) is 0 Å². The van der Waals surface area contributed by atoms with Crippen molar-refractivity contribution in [3.8, 4) is 0 Å². The van der Waals surface area contributed by atoms with Crippen LogP contribution in [0.3, 0.4) is 0 Å². The molecule has 6 heteroatoms. The lowest BCUT2D eigenvalue weighted by Crippen LogP contribution is -2.25. The van der Waals surface area contributed by atoms with Crippen molar-refractivity contribution in [3.05, 3.63) is 34.4 Å². The number of nitrogens with zero attached hydrogens (tertiary/aromatic N) is 1. The van der Waals surface area contributed by atoms with Gasteiger partial charge in [0.25, 0.3) is 5.69 Å². The first kappa shape index (κ1) is 12.8. The first-order valence-electron chi connectivity index (χ1n) is 4.93. The predicted molar refractivity (Wildman–Crippen MR) is 62.6 cm³/mol. The van der Waals surface area contributed by atoms with E-state index in [-0.39, 0.29) is 11.7 Å². The molecular weight excluding hydrogens is 228 g/mol. The highest BCUT2D eigenvalue weighted by Crippen LogP contribution is 2.15. The van der Waals surface area contributed by atoms with Gasteiger partial charge in [0.1, 0.15) is 0 Å². The number of non-ortho nitro benzene ring substituents is 1. The maximum atomic E-state index is 11.8. The molecule has 5 nitrogen and oxygen atoms in total. The van der Waals surface area contributed by atoms with Crippen LogP contribution in [-0.2, 0) is 10.8 Å². The number of hydrogen-bond acceptors (Lipinski definition) is 4. The van der Waals surface area contributed by atoms with Crippen LogP contribution in [0.4, 0.5) is 5.69 Å². The fraction of sp³-hybridized carbons (Fsp3) is 0.400. The van der Waals surface area contributed by atoms with Crippen molar-refractivity contribution >= 4 is 16.5 Å². The molecule has 0 saturated carbocycles. The zero-order valence-electron chi connectivity index (χ0n) is 8.96. The van der Waals surface area contributed by atoms with Gasteiger partial charge in [0.15, 0.2) is 0 Å². The van der Waals surface area contributed by atoms with Crippen LogP contribution in [0.25, 0.3) is 0 Å². The molecule has 0 aliphatic heterocycles. The molecule has 0 spiro atoms. The second-order valence-corrected chi connectivity index (χ2v) is 4.93. The molecule has 1 aromatic carbocycles. The van der Waals surface area contributed by atoms with E-state index in [4.69, 9.17) is 5.73 Å². The third kappa shape index (κ3) is 3.39. The molecule has 0 bridgehead atoms. The van der Waals surface area contributed by atoms with Gasteiger partial charge in [0.2, 0.25) is 0 Å². The SMILES string of the molecule is CCC(N)CS(=O)c1ccc([N+](=O)[O-])cc1. The number of nitro benzene ring substituents is 1. The van der Waals surface area contributed by atoms with Gasteiger partial charge in [-0.1, -0.05) is 6.92 Å².